The number of ether oxygens (including phenoxy) is 2. The summed E-state index contributed by atoms with van der Waals surface area (Å²) in [7, 11) is 2.63. The number of amides is 4. The zero-order valence-electron chi connectivity index (χ0n) is 35.5. The van der Waals surface area contributed by atoms with E-state index in [9.17, 15) is 19.2 Å². The van der Waals surface area contributed by atoms with E-state index in [2.05, 4.69) is 69.1 Å². The Hall–Kier alpha value is -5.92. The van der Waals surface area contributed by atoms with E-state index in [-0.39, 0.29) is 35.7 Å². The van der Waals surface area contributed by atoms with Crippen LogP contribution in [0, 0.1) is 11.8 Å². The average molecular weight is 819 g/mol. The first kappa shape index (κ1) is 42.2. The lowest BCUT2D eigenvalue weighted by atomic mass is 9.93. The summed E-state index contributed by atoms with van der Waals surface area (Å²) in [5.74, 6) is 1.26. The molecule has 2 saturated heterocycles. The van der Waals surface area contributed by atoms with E-state index in [0.717, 1.165) is 107 Å². The van der Waals surface area contributed by atoms with Gasteiger partial charge >= 0.3 is 12.2 Å². The number of imidazole rings is 2. The molecule has 0 radical (unpaired) electrons. The Bertz CT molecular complexity index is 2330. The number of alkyl carbamates (subject to hydrolysis) is 2. The van der Waals surface area contributed by atoms with Crippen LogP contribution in [0.3, 0.4) is 0 Å². The smallest absolute Gasteiger partial charge is 0.407 e. The second-order valence-electron chi connectivity index (χ2n) is 16.1. The Kier molecular flexibility index (Phi) is 13.1. The van der Waals surface area contributed by atoms with Gasteiger partial charge in [-0.1, -0.05) is 83.7 Å². The lowest BCUT2D eigenvalue weighted by molar-refractivity contribution is -0.136. The SMILES string of the molecule is CCC(CC)[C@H](NC(=O)OC)C(=O)N1CCC[C@H]1c1ncc(-c2ccc3cc(-c4ccc5nc([C@@H]6CCCN6C(=O)[C@@H](NC(=O)OC)C(CC)CC)[nH]c5c4)ccc3c2)[nH]1. The predicted molar refractivity (Wildman–Crippen MR) is 231 cm³/mol. The summed E-state index contributed by atoms with van der Waals surface area (Å²) in [6.07, 6.45) is 6.93. The molecule has 7 rings (SSSR count). The van der Waals surface area contributed by atoms with Gasteiger partial charge in [-0.15, -0.1) is 0 Å². The molecule has 0 bridgehead atoms. The van der Waals surface area contributed by atoms with Crippen LogP contribution in [0.2, 0.25) is 0 Å². The van der Waals surface area contributed by atoms with Crippen LogP contribution in [0.15, 0.2) is 60.8 Å². The molecule has 0 aliphatic carbocycles. The van der Waals surface area contributed by atoms with Gasteiger partial charge in [-0.3, -0.25) is 9.59 Å². The van der Waals surface area contributed by atoms with Gasteiger partial charge in [0.2, 0.25) is 11.8 Å². The number of H-pyrrole nitrogens is 2. The molecular weight excluding hydrogens is 761 g/mol. The van der Waals surface area contributed by atoms with Gasteiger partial charge in [-0.2, -0.15) is 0 Å². The van der Waals surface area contributed by atoms with Gasteiger partial charge in [0.15, 0.2) is 0 Å². The first-order valence-corrected chi connectivity index (χ1v) is 21.5. The number of fused-ring (bicyclic) bond motifs is 2. The number of carbonyl (C=O) groups excluding carboxylic acids is 4. The van der Waals surface area contributed by atoms with Crippen molar-refractivity contribution < 1.29 is 28.7 Å². The van der Waals surface area contributed by atoms with Crippen molar-refractivity contribution in [2.24, 2.45) is 11.8 Å². The highest BCUT2D eigenvalue weighted by molar-refractivity contribution is 5.92. The third-order valence-electron chi connectivity index (χ3n) is 12.8. The van der Waals surface area contributed by atoms with Gasteiger partial charge < -0.3 is 39.9 Å². The second-order valence-corrected chi connectivity index (χ2v) is 16.1. The first-order valence-electron chi connectivity index (χ1n) is 21.5. The van der Waals surface area contributed by atoms with Crippen molar-refractivity contribution in [3.8, 4) is 22.4 Å². The molecule has 2 aromatic heterocycles. The van der Waals surface area contributed by atoms with E-state index in [4.69, 9.17) is 19.4 Å². The molecule has 318 valence electrons. The summed E-state index contributed by atoms with van der Waals surface area (Å²) in [5, 5.41) is 7.79. The minimum absolute atomic E-state index is 0.00608. The number of nitrogens with zero attached hydrogens (tertiary/aromatic N) is 4. The molecule has 0 saturated carbocycles. The average Bonchev–Trinajstić information content (AvgIpc) is 4.12. The molecule has 4 N–H and O–H groups in total. The topological polar surface area (TPSA) is 175 Å². The van der Waals surface area contributed by atoms with Crippen molar-refractivity contribution >= 4 is 45.8 Å². The molecule has 4 heterocycles. The Balaban J connectivity index is 1.07. The molecule has 0 unspecified atom stereocenters. The van der Waals surface area contributed by atoms with Crippen LogP contribution in [-0.4, -0.2) is 93.1 Å². The Morgan fingerprint density at radius 3 is 1.73 bits per heavy atom. The van der Waals surface area contributed by atoms with Crippen molar-refractivity contribution in [1.82, 2.24) is 40.4 Å². The Labute approximate surface area is 351 Å². The number of carbonyl (C=O) groups is 4. The maximum Gasteiger partial charge on any atom is 0.407 e. The summed E-state index contributed by atoms with van der Waals surface area (Å²) < 4.78 is 9.73. The number of aromatic amines is 2. The van der Waals surface area contributed by atoms with Crippen molar-refractivity contribution in [2.45, 2.75) is 103 Å². The van der Waals surface area contributed by atoms with Crippen LogP contribution in [0.25, 0.3) is 44.2 Å². The highest BCUT2D eigenvalue weighted by Gasteiger charge is 2.40. The third-order valence-corrected chi connectivity index (χ3v) is 12.8. The second kappa shape index (κ2) is 18.6. The molecule has 14 nitrogen and oxygen atoms in total. The van der Waals surface area contributed by atoms with E-state index in [1.165, 1.54) is 14.2 Å². The van der Waals surface area contributed by atoms with Crippen LogP contribution >= 0.6 is 0 Å². The molecule has 4 atom stereocenters. The number of aromatic nitrogens is 4. The molecule has 2 aliphatic rings. The number of rotatable bonds is 14. The fourth-order valence-corrected chi connectivity index (χ4v) is 9.25. The molecular formula is C46H58N8O6. The third kappa shape index (κ3) is 8.55. The van der Waals surface area contributed by atoms with Gasteiger partial charge in [-0.05, 0) is 83.7 Å². The fourth-order valence-electron chi connectivity index (χ4n) is 9.25. The van der Waals surface area contributed by atoms with Gasteiger partial charge in [0.1, 0.15) is 23.7 Å². The van der Waals surface area contributed by atoms with Gasteiger partial charge in [0.25, 0.3) is 0 Å². The van der Waals surface area contributed by atoms with Crippen molar-refractivity contribution in [2.75, 3.05) is 27.3 Å². The minimum atomic E-state index is -0.665. The zero-order valence-corrected chi connectivity index (χ0v) is 35.5. The van der Waals surface area contributed by atoms with Crippen molar-refractivity contribution in [3.63, 3.8) is 0 Å². The van der Waals surface area contributed by atoms with Crippen molar-refractivity contribution in [1.29, 1.82) is 0 Å². The van der Waals surface area contributed by atoms with E-state index >= 15 is 0 Å². The van der Waals surface area contributed by atoms with Crippen LogP contribution in [0.5, 0.6) is 0 Å². The molecule has 2 aliphatic heterocycles. The number of hydrogen-bond donors (Lipinski definition) is 4. The number of likely N-dealkylation sites (tertiary alicyclic amines) is 2. The summed E-state index contributed by atoms with van der Waals surface area (Å²) in [4.78, 5) is 72.8. The fraction of sp³-hybridized carbons (Fsp3) is 0.478. The Morgan fingerprint density at radius 2 is 1.18 bits per heavy atom. The molecule has 3 aromatic carbocycles. The predicted octanol–water partition coefficient (Wildman–Crippen LogP) is 8.42. The number of methoxy groups -OCH3 is 2. The molecule has 0 spiro atoms. The van der Waals surface area contributed by atoms with E-state index < -0.39 is 24.3 Å². The summed E-state index contributed by atoms with van der Waals surface area (Å²) in [5.41, 5.74) is 5.69. The lowest BCUT2D eigenvalue weighted by Gasteiger charge is -2.31. The number of benzene rings is 3. The first-order chi connectivity index (χ1) is 29.1. The summed E-state index contributed by atoms with van der Waals surface area (Å²) >= 11 is 0. The standard InChI is InChI=1S/C46H58N8O6/c1-7-27(8-2)39(51-45(57)59-5)43(55)53-21-11-13-37(53)41-47-26-36(50-41)33-18-17-29-23-30(15-16-31(29)24-33)32-19-20-34-35(25-32)49-42(48-34)38-14-12-22-54(38)44(56)40(28(9-3)10-4)52-46(58)60-6/h15-20,23-28,37-40H,7-14,21-22H2,1-6H3,(H,47,50)(H,48,49)(H,51,57)(H,52,58)/t37-,38-,39-,40-/m0/s1. The van der Waals surface area contributed by atoms with E-state index in [0.29, 0.717) is 13.1 Å². The van der Waals surface area contributed by atoms with E-state index in [1.54, 1.807) is 0 Å². The van der Waals surface area contributed by atoms with Crippen LogP contribution in [-0.2, 0) is 19.1 Å². The maximum absolute atomic E-state index is 14.0. The normalized spacial score (nSPS) is 17.7. The summed E-state index contributed by atoms with van der Waals surface area (Å²) in [6.45, 7) is 9.33. The van der Waals surface area contributed by atoms with Crippen LogP contribution < -0.4 is 10.6 Å². The Morgan fingerprint density at radius 1 is 0.683 bits per heavy atom. The minimum Gasteiger partial charge on any atom is -0.453 e. The highest BCUT2D eigenvalue weighted by atomic mass is 16.5. The molecule has 60 heavy (non-hydrogen) atoms. The van der Waals surface area contributed by atoms with Crippen LogP contribution in [0.1, 0.15) is 103 Å². The van der Waals surface area contributed by atoms with Gasteiger partial charge in [0.05, 0.1) is 49.2 Å². The maximum atomic E-state index is 14.0. The molecule has 5 aromatic rings. The molecule has 2 fully saturated rings. The van der Waals surface area contributed by atoms with Crippen LogP contribution in [0.4, 0.5) is 9.59 Å². The van der Waals surface area contributed by atoms with Gasteiger partial charge in [-0.25, -0.2) is 19.6 Å². The molecule has 14 heteroatoms. The summed E-state index contributed by atoms with van der Waals surface area (Å²) in [6, 6.07) is 17.2. The number of nitrogens with one attached hydrogen (secondary N) is 4. The zero-order chi connectivity index (χ0) is 42.5. The quantitative estimate of drug-likeness (QED) is 0.0864. The highest BCUT2D eigenvalue weighted by Crippen LogP contribution is 2.36. The van der Waals surface area contributed by atoms with Gasteiger partial charge in [0, 0.05) is 18.7 Å². The lowest BCUT2D eigenvalue weighted by Crippen LogP contribution is -2.52. The monoisotopic (exact) mass is 818 g/mol. The largest absolute Gasteiger partial charge is 0.453 e. The molecule has 4 amide bonds. The van der Waals surface area contributed by atoms with Crippen molar-refractivity contribution in [3.05, 3.63) is 72.4 Å². The number of hydrogen-bond acceptors (Lipinski definition) is 8. The van der Waals surface area contributed by atoms with E-state index in [1.807, 2.05) is 49.8 Å².